The quantitative estimate of drug-likeness (QED) is 0.314. The summed E-state index contributed by atoms with van der Waals surface area (Å²) >= 11 is 0. The van der Waals surface area contributed by atoms with Crippen LogP contribution in [0.25, 0.3) is 0 Å². The smallest absolute Gasteiger partial charge is 0.264 e. The van der Waals surface area contributed by atoms with E-state index in [0.29, 0.717) is 0 Å². The van der Waals surface area contributed by atoms with Gasteiger partial charge in [-0.15, -0.1) is 0 Å². The molecule has 0 aromatic carbocycles. The molecular weight excluding hydrogens is 131 g/mol. The lowest BCUT2D eigenvalue weighted by atomic mass is 10.8. The fourth-order valence-electron chi connectivity index (χ4n) is 0. The molecule has 0 aliphatic heterocycles. The number of rotatable bonds is 0. The van der Waals surface area contributed by atoms with E-state index < -0.39 is 10.4 Å². The fraction of sp³-hybridized carbons (Fsp3) is 0. The van der Waals surface area contributed by atoms with Crippen molar-refractivity contribution in [2.45, 2.75) is 0 Å². The fourth-order valence-corrected chi connectivity index (χ4v) is 0. The third-order valence-electron chi connectivity index (χ3n) is 0. The van der Waals surface area contributed by atoms with E-state index in [1.807, 2.05) is 0 Å². The van der Waals surface area contributed by atoms with Crippen LogP contribution in [0, 0.1) is 0 Å². The maximum atomic E-state index is 8.74. The molecule has 0 aromatic heterocycles. The molecule has 2 N–H and O–H groups in total. The highest BCUT2D eigenvalue weighted by atomic mass is 32.3. The second-order valence-electron chi connectivity index (χ2n) is 0.448. The van der Waals surface area contributed by atoms with Crippen LogP contribution < -0.4 is 0 Å². The molecular formula is H2BMgO4S. The zero-order valence-corrected chi connectivity index (χ0v) is 5.63. The van der Waals surface area contributed by atoms with Crippen LogP contribution in [0.5, 0.6) is 0 Å². The first-order valence-electron chi connectivity index (χ1n) is 0.698. The molecule has 7 heteroatoms. The highest BCUT2D eigenvalue weighted by Gasteiger charge is 1.84. The Bertz CT molecular complexity index is 94.9. The van der Waals surface area contributed by atoms with Crippen molar-refractivity contribution in [1.29, 1.82) is 0 Å². The van der Waals surface area contributed by atoms with Crippen molar-refractivity contribution in [3.8, 4) is 0 Å². The van der Waals surface area contributed by atoms with Crippen molar-refractivity contribution < 1.29 is 17.5 Å². The Morgan fingerprint density at radius 1 is 1.14 bits per heavy atom. The van der Waals surface area contributed by atoms with Gasteiger partial charge in [-0.1, -0.05) is 0 Å². The number of hydrogen-bond donors (Lipinski definition) is 2. The van der Waals surface area contributed by atoms with E-state index in [9.17, 15) is 0 Å². The number of hydrogen-bond acceptors (Lipinski definition) is 2. The van der Waals surface area contributed by atoms with Crippen LogP contribution in [0.15, 0.2) is 0 Å². The minimum absolute atomic E-state index is 0. The predicted octanol–water partition coefficient (Wildman–Crippen LogP) is -1.41. The third kappa shape index (κ3) is 301. The molecule has 0 saturated carbocycles. The minimum Gasteiger partial charge on any atom is -0.264 e. The van der Waals surface area contributed by atoms with Gasteiger partial charge in [-0.05, 0) is 0 Å². The van der Waals surface area contributed by atoms with E-state index in [0.717, 1.165) is 0 Å². The summed E-state index contributed by atoms with van der Waals surface area (Å²) in [6.07, 6.45) is 0. The average Bonchev–Trinajstić information content (AvgIpc) is 0.722. The van der Waals surface area contributed by atoms with Gasteiger partial charge in [0.1, 0.15) is 0 Å². The van der Waals surface area contributed by atoms with Crippen molar-refractivity contribution in [1.82, 2.24) is 0 Å². The summed E-state index contributed by atoms with van der Waals surface area (Å²) in [4.78, 5) is 0. The van der Waals surface area contributed by atoms with Gasteiger partial charge in [0.25, 0.3) is 0 Å². The van der Waals surface area contributed by atoms with Gasteiger partial charge in [0.15, 0.2) is 0 Å². The lowest BCUT2D eigenvalue weighted by molar-refractivity contribution is 0.381. The molecule has 5 radical (unpaired) electrons. The van der Waals surface area contributed by atoms with Crippen molar-refractivity contribution in [3.05, 3.63) is 0 Å². The molecule has 0 atom stereocenters. The lowest BCUT2D eigenvalue weighted by Gasteiger charge is -1.68. The summed E-state index contributed by atoms with van der Waals surface area (Å²) in [5.41, 5.74) is 0. The zero-order valence-electron chi connectivity index (χ0n) is 3.40. The first-order valence-corrected chi connectivity index (χ1v) is 2.10. The van der Waals surface area contributed by atoms with Gasteiger partial charge in [-0.3, -0.25) is 9.11 Å². The molecule has 0 aliphatic carbocycles. The zero-order chi connectivity index (χ0) is 4.50. The largest absolute Gasteiger partial charge is 0.394 e. The van der Waals surface area contributed by atoms with E-state index in [1.165, 1.54) is 0 Å². The maximum Gasteiger partial charge on any atom is 0.394 e. The molecule has 0 saturated heterocycles. The minimum atomic E-state index is -4.67. The molecule has 0 spiro atoms. The van der Waals surface area contributed by atoms with Gasteiger partial charge in [0.05, 0.1) is 0 Å². The van der Waals surface area contributed by atoms with Crippen LogP contribution in [0.2, 0.25) is 0 Å². The lowest BCUT2D eigenvalue weighted by Crippen LogP contribution is -1.89. The Labute approximate surface area is 59.6 Å². The van der Waals surface area contributed by atoms with Gasteiger partial charge in [-0.25, -0.2) is 0 Å². The molecule has 0 aliphatic rings. The summed E-state index contributed by atoms with van der Waals surface area (Å²) in [6, 6.07) is 0. The van der Waals surface area contributed by atoms with Crippen molar-refractivity contribution >= 4 is 41.9 Å². The van der Waals surface area contributed by atoms with Crippen LogP contribution in [0.1, 0.15) is 0 Å². The molecule has 0 unspecified atom stereocenters. The second-order valence-corrected chi connectivity index (χ2v) is 1.34. The van der Waals surface area contributed by atoms with Gasteiger partial charge in [-0.2, -0.15) is 8.42 Å². The topological polar surface area (TPSA) is 74.6 Å². The Morgan fingerprint density at radius 2 is 1.14 bits per heavy atom. The van der Waals surface area contributed by atoms with E-state index in [2.05, 4.69) is 0 Å². The Morgan fingerprint density at radius 3 is 1.14 bits per heavy atom. The van der Waals surface area contributed by atoms with Crippen LogP contribution in [0.3, 0.4) is 0 Å². The first-order chi connectivity index (χ1) is 2.00. The predicted molar refractivity (Wildman–Crippen MR) is 25.7 cm³/mol. The first kappa shape index (κ1) is 15.6. The standard InChI is InChI=1S/B.Mg.H2O4S/c;;1-5(2,3)4/h;;(H2,1,2,3,4). The molecule has 4 nitrogen and oxygen atoms in total. The average molecular weight is 133 g/mol. The van der Waals surface area contributed by atoms with E-state index in [1.54, 1.807) is 0 Å². The van der Waals surface area contributed by atoms with Crippen molar-refractivity contribution in [3.63, 3.8) is 0 Å². The molecule has 0 bridgehead atoms. The van der Waals surface area contributed by atoms with E-state index >= 15 is 0 Å². The van der Waals surface area contributed by atoms with Crippen LogP contribution in [-0.2, 0) is 10.4 Å². The van der Waals surface area contributed by atoms with E-state index in [-0.39, 0.29) is 31.5 Å². The van der Waals surface area contributed by atoms with E-state index in [4.69, 9.17) is 17.5 Å². The Hall–Kier alpha value is 0.701. The summed E-state index contributed by atoms with van der Waals surface area (Å²) in [7, 11) is -4.67. The van der Waals surface area contributed by atoms with Crippen molar-refractivity contribution in [2.24, 2.45) is 0 Å². The highest BCUT2D eigenvalue weighted by molar-refractivity contribution is 7.79. The maximum absolute atomic E-state index is 8.74. The van der Waals surface area contributed by atoms with Crippen LogP contribution in [-0.4, -0.2) is 49.0 Å². The SMILES string of the molecule is O=S(=O)(O)O.[B].[Mg]. The van der Waals surface area contributed by atoms with Crippen molar-refractivity contribution in [2.75, 3.05) is 0 Å². The van der Waals surface area contributed by atoms with Gasteiger partial charge in [0.2, 0.25) is 0 Å². The molecule has 0 amide bonds. The summed E-state index contributed by atoms with van der Waals surface area (Å²) in [5, 5.41) is 0. The summed E-state index contributed by atoms with van der Waals surface area (Å²) in [6.45, 7) is 0. The van der Waals surface area contributed by atoms with Gasteiger partial charge in [0, 0.05) is 31.5 Å². The normalized spacial score (nSPS) is 8.29. The Balaban J connectivity index is -0.0000000800. The molecule has 0 rings (SSSR count). The molecule has 7 heavy (non-hydrogen) atoms. The third-order valence-corrected chi connectivity index (χ3v) is 0. The van der Waals surface area contributed by atoms with Crippen LogP contribution in [0.4, 0.5) is 0 Å². The molecule has 0 heterocycles. The second kappa shape index (κ2) is 4.85. The monoisotopic (exact) mass is 133 g/mol. The summed E-state index contributed by atoms with van der Waals surface area (Å²) < 4.78 is 31.6. The van der Waals surface area contributed by atoms with Gasteiger partial charge >= 0.3 is 10.4 Å². The summed E-state index contributed by atoms with van der Waals surface area (Å²) in [5.74, 6) is 0. The van der Waals surface area contributed by atoms with Gasteiger partial charge < -0.3 is 0 Å². The van der Waals surface area contributed by atoms with Crippen LogP contribution >= 0.6 is 0 Å². The molecule has 37 valence electrons. The highest BCUT2D eigenvalue weighted by Crippen LogP contribution is 1.59. The molecule has 0 aromatic rings. The molecule has 0 fully saturated rings. The Kier molecular flexibility index (Phi) is 10.8.